The van der Waals surface area contributed by atoms with E-state index in [9.17, 15) is 9.59 Å². The molecule has 0 aliphatic heterocycles. The van der Waals surface area contributed by atoms with Crippen LogP contribution in [0.4, 0.5) is 11.4 Å². The maximum absolute atomic E-state index is 12.5. The number of anilines is 2. The van der Waals surface area contributed by atoms with Crippen molar-refractivity contribution >= 4 is 34.1 Å². The smallest absolute Gasteiger partial charge is 0.269 e. The van der Waals surface area contributed by atoms with Gasteiger partial charge in [0.05, 0.1) is 33.3 Å². The van der Waals surface area contributed by atoms with Gasteiger partial charge < -0.3 is 19.5 Å². The molecular formula is C27H26N4O5. The predicted octanol–water partition coefficient (Wildman–Crippen LogP) is 4.01. The van der Waals surface area contributed by atoms with E-state index in [2.05, 4.69) is 21.2 Å². The number of carbonyl (C=O) groups is 2. The third-order valence-electron chi connectivity index (χ3n) is 5.49. The Morgan fingerprint density at radius 2 is 1.58 bits per heavy atom. The van der Waals surface area contributed by atoms with Crippen molar-refractivity contribution in [2.45, 2.75) is 6.42 Å². The van der Waals surface area contributed by atoms with Crippen LogP contribution >= 0.6 is 0 Å². The van der Waals surface area contributed by atoms with Gasteiger partial charge in [-0.05, 0) is 54.1 Å². The number of carbonyl (C=O) groups excluding carboxylic acids is 2. The number of pyridine rings is 1. The highest BCUT2D eigenvalue weighted by molar-refractivity contribution is 5.97. The molecule has 0 aliphatic rings. The summed E-state index contributed by atoms with van der Waals surface area (Å²) in [6.45, 7) is 0. The van der Waals surface area contributed by atoms with E-state index < -0.39 is 5.91 Å². The highest BCUT2D eigenvalue weighted by Gasteiger charge is 2.12. The average Bonchev–Trinajstić information content (AvgIpc) is 2.91. The number of aromatic nitrogens is 1. The van der Waals surface area contributed by atoms with Crippen LogP contribution in [0.1, 0.15) is 15.9 Å². The van der Waals surface area contributed by atoms with Crippen molar-refractivity contribution in [3.05, 3.63) is 84.1 Å². The summed E-state index contributed by atoms with van der Waals surface area (Å²) in [6.07, 6.45) is 1.81. The van der Waals surface area contributed by atoms with Gasteiger partial charge in [0.15, 0.2) is 11.5 Å². The molecule has 0 fully saturated rings. The monoisotopic (exact) mass is 486 g/mol. The van der Waals surface area contributed by atoms with Crippen LogP contribution in [-0.2, 0) is 11.2 Å². The SMILES string of the molecule is COc1cccc(CC(=O)NNC(=O)c2ccc(Nc3ccnc4cc(OC)c(OC)cc34)cc2)c1. The van der Waals surface area contributed by atoms with Crippen molar-refractivity contribution in [3.8, 4) is 17.2 Å². The third kappa shape index (κ3) is 5.64. The fraction of sp³-hybridized carbons (Fsp3) is 0.148. The second-order valence-corrected chi connectivity index (χ2v) is 7.82. The zero-order valence-electron chi connectivity index (χ0n) is 20.1. The molecule has 0 radical (unpaired) electrons. The largest absolute Gasteiger partial charge is 0.497 e. The first-order valence-electron chi connectivity index (χ1n) is 11.1. The molecule has 9 nitrogen and oxygen atoms in total. The molecule has 0 spiro atoms. The van der Waals surface area contributed by atoms with E-state index in [4.69, 9.17) is 14.2 Å². The molecule has 0 aliphatic carbocycles. The number of ether oxygens (including phenoxy) is 3. The lowest BCUT2D eigenvalue weighted by Crippen LogP contribution is -2.42. The van der Waals surface area contributed by atoms with Crippen LogP contribution in [0.15, 0.2) is 72.9 Å². The summed E-state index contributed by atoms with van der Waals surface area (Å²) in [7, 11) is 4.72. The Morgan fingerprint density at radius 3 is 2.31 bits per heavy atom. The minimum absolute atomic E-state index is 0.108. The Balaban J connectivity index is 1.39. The Labute approximate surface area is 208 Å². The van der Waals surface area contributed by atoms with Crippen LogP contribution in [0, 0.1) is 0 Å². The number of hydrogen-bond acceptors (Lipinski definition) is 7. The van der Waals surface area contributed by atoms with Crippen molar-refractivity contribution in [2.75, 3.05) is 26.6 Å². The Morgan fingerprint density at radius 1 is 0.833 bits per heavy atom. The highest BCUT2D eigenvalue weighted by Crippen LogP contribution is 2.35. The molecule has 1 aromatic heterocycles. The number of amides is 2. The van der Waals surface area contributed by atoms with Crippen LogP contribution in [0.25, 0.3) is 10.9 Å². The molecule has 3 N–H and O–H groups in total. The lowest BCUT2D eigenvalue weighted by atomic mass is 10.1. The number of nitrogens with one attached hydrogen (secondary N) is 3. The van der Waals surface area contributed by atoms with Gasteiger partial charge in [0.2, 0.25) is 5.91 Å². The van der Waals surface area contributed by atoms with Gasteiger partial charge in [-0.1, -0.05) is 12.1 Å². The summed E-state index contributed by atoms with van der Waals surface area (Å²) >= 11 is 0. The molecule has 3 aromatic carbocycles. The maximum Gasteiger partial charge on any atom is 0.269 e. The topological polar surface area (TPSA) is 111 Å². The summed E-state index contributed by atoms with van der Waals surface area (Å²) < 4.78 is 15.9. The molecule has 4 aromatic rings. The number of hydrazine groups is 1. The molecule has 9 heteroatoms. The van der Waals surface area contributed by atoms with Crippen molar-refractivity contribution in [1.82, 2.24) is 15.8 Å². The standard InChI is InChI=1S/C27H26N4O5/c1-34-20-6-4-5-17(13-20)14-26(32)30-31-27(33)18-7-9-19(10-8-18)29-22-11-12-28-23-16-25(36-3)24(35-2)15-21(22)23/h4-13,15-16H,14H2,1-3H3,(H,28,29)(H,30,32)(H,31,33). The van der Waals surface area contributed by atoms with E-state index in [0.717, 1.165) is 27.8 Å². The van der Waals surface area contributed by atoms with Crippen LogP contribution in [0.5, 0.6) is 17.2 Å². The molecule has 0 saturated carbocycles. The number of benzene rings is 3. The maximum atomic E-state index is 12.5. The van der Waals surface area contributed by atoms with Crippen molar-refractivity contribution < 1.29 is 23.8 Å². The van der Waals surface area contributed by atoms with Gasteiger partial charge >= 0.3 is 0 Å². The van der Waals surface area contributed by atoms with E-state index in [1.165, 1.54) is 0 Å². The van der Waals surface area contributed by atoms with Crippen molar-refractivity contribution in [3.63, 3.8) is 0 Å². The minimum Gasteiger partial charge on any atom is -0.497 e. The molecule has 4 rings (SSSR count). The van der Waals surface area contributed by atoms with Crippen LogP contribution in [0.3, 0.4) is 0 Å². The molecule has 0 saturated heterocycles. The van der Waals surface area contributed by atoms with Crippen LogP contribution in [0.2, 0.25) is 0 Å². The average molecular weight is 487 g/mol. The Kier molecular flexibility index (Phi) is 7.50. The number of rotatable bonds is 8. The fourth-order valence-electron chi connectivity index (χ4n) is 3.65. The third-order valence-corrected chi connectivity index (χ3v) is 5.49. The molecular weight excluding hydrogens is 460 g/mol. The lowest BCUT2D eigenvalue weighted by Gasteiger charge is -2.13. The predicted molar refractivity (Wildman–Crippen MR) is 137 cm³/mol. The molecule has 184 valence electrons. The zero-order valence-corrected chi connectivity index (χ0v) is 20.1. The van der Waals surface area contributed by atoms with Gasteiger partial charge in [-0.15, -0.1) is 0 Å². The second kappa shape index (κ2) is 11.1. The van der Waals surface area contributed by atoms with Gasteiger partial charge in [0, 0.05) is 34.6 Å². The van der Waals surface area contributed by atoms with E-state index in [1.54, 1.807) is 70.0 Å². The number of methoxy groups -OCH3 is 3. The Hall–Kier alpha value is -4.79. The first-order valence-corrected chi connectivity index (χ1v) is 11.1. The summed E-state index contributed by atoms with van der Waals surface area (Å²) in [5.41, 5.74) is 8.39. The van der Waals surface area contributed by atoms with Gasteiger partial charge in [-0.2, -0.15) is 0 Å². The zero-order chi connectivity index (χ0) is 25.5. The lowest BCUT2D eigenvalue weighted by molar-refractivity contribution is -0.121. The normalized spacial score (nSPS) is 10.4. The van der Waals surface area contributed by atoms with Crippen molar-refractivity contribution in [1.29, 1.82) is 0 Å². The fourth-order valence-corrected chi connectivity index (χ4v) is 3.65. The first kappa shape index (κ1) is 24.3. The molecule has 0 bridgehead atoms. The van der Waals surface area contributed by atoms with Crippen LogP contribution in [-0.4, -0.2) is 38.1 Å². The molecule has 36 heavy (non-hydrogen) atoms. The molecule has 0 atom stereocenters. The minimum atomic E-state index is -0.424. The van der Waals surface area contributed by atoms with Gasteiger partial charge in [-0.25, -0.2) is 0 Å². The van der Waals surface area contributed by atoms with Gasteiger partial charge in [0.1, 0.15) is 5.75 Å². The molecule has 1 heterocycles. The number of nitrogens with zero attached hydrogens (tertiary/aromatic N) is 1. The highest BCUT2D eigenvalue weighted by atomic mass is 16.5. The first-order chi connectivity index (χ1) is 17.5. The van der Waals surface area contributed by atoms with Crippen molar-refractivity contribution in [2.24, 2.45) is 0 Å². The number of hydrogen-bond donors (Lipinski definition) is 3. The van der Waals surface area contributed by atoms with E-state index in [0.29, 0.717) is 22.8 Å². The van der Waals surface area contributed by atoms with Crippen LogP contribution < -0.4 is 30.4 Å². The van der Waals surface area contributed by atoms with Gasteiger partial charge in [-0.3, -0.25) is 25.4 Å². The summed E-state index contributed by atoms with van der Waals surface area (Å²) in [6, 6.07) is 19.6. The summed E-state index contributed by atoms with van der Waals surface area (Å²) in [5, 5.41) is 4.20. The quantitative estimate of drug-likeness (QED) is 0.323. The van der Waals surface area contributed by atoms with Gasteiger partial charge in [0.25, 0.3) is 5.91 Å². The Bertz CT molecular complexity index is 1390. The second-order valence-electron chi connectivity index (χ2n) is 7.82. The summed E-state index contributed by atoms with van der Waals surface area (Å²) in [5.74, 6) is 1.09. The molecule has 2 amide bonds. The van der Waals surface area contributed by atoms with E-state index >= 15 is 0 Å². The molecule has 0 unspecified atom stereocenters. The number of fused-ring (bicyclic) bond motifs is 1. The summed E-state index contributed by atoms with van der Waals surface area (Å²) in [4.78, 5) is 29.1. The van der Waals surface area contributed by atoms with E-state index in [-0.39, 0.29) is 12.3 Å². The van der Waals surface area contributed by atoms with E-state index in [1.807, 2.05) is 24.3 Å².